The first kappa shape index (κ1) is 18.1. The van der Waals surface area contributed by atoms with Crippen LogP contribution in [0.25, 0.3) is 33.2 Å². The van der Waals surface area contributed by atoms with Crippen molar-refractivity contribution in [3.8, 4) is 11.3 Å². The third kappa shape index (κ3) is 4.25. The molecule has 0 atom stereocenters. The Hall–Kier alpha value is -1.74. The van der Waals surface area contributed by atoms with Crippen LogP contribution in [0.1, 0.15) is 29.1 Å². The van der Waals surface area contributed by atoms with Gasteiger partial charge in [0.05, 0.1) is 5.58 Å². The maximum Gasteiger partial charge on any atom is 0.120 e. The van der Waals surface area contributed by atoms with Gasteiger partial charge in [-0.1, -0.05) is 62.6 Å². The Bertz CT molecular complexity index is 1250. The van der Waals surface area contributed by atoms with E-state index >= 15 is 0 Å². The first-order chi connectivity index (χ1) is 14.4. The molecule has 2 nitrogen and oxygen atoms in total. The van der Waals surface area contributed by atoms with Crippen LogP contribution in [0.4, 0.5) is 0 Å². The Labute approximate surface area is 192 Å². The molecule has 0 saturated heterocycles. The Balaban J connectivity index is 0.00000289. The maximum atomic E-state index is 7.59. The minimum Gasteiger partial charge on any atom is -0.501 e. The number of benzene rings is 2. The Kier molecular flexibility index (Phi) is 5.09. The SMILES string of the molecule is [2H]C([2H])([2H])c1ccc(-c2[c-]cc([Si](C)(C)C)c3c2oc2ccc(CC(C)C)cc23)nc1.[Ir]. The molecule has 4 heteroatoms. The maximum absolute atomic E-state index is 7.59. The van der Waals surface area contributed by atoms with Crippen molar-refractivity contribution in [3.63, 3.8) is 0 Å². The molecule has 29 heavy (non-hydrogen) atoms. The predicted molar refractivity (Wildman–Crippen MR) is 122 cm³/mol. The van der Waals surface area contributed by atoms with Gasteiger partial charge in [-0.2, -0.15) is 0 Å². The molecule has 2 aromatic carbocycles. The van der Waals surface area contributed by atoms with Gasteiger partial charge >= 0.3 is 0 Å². The van der Waals surface area contributed by atoms with Gasteiger partial charge in [0.15, 0.2) is 0 Å². The average molecular weight is 582 g/mol. The van der Waals surface area contributed by atoms with Gasteiger partial charge in [0.25, 0.3) is 0 Å². The molecule has 0 unspecified atom stereocenters. The molecule has 0 N–H and O–H groups in total. The van der Waals surface area contributed by atoms with Gasteiger partial charge in [0, 0.05) is 43.9 Å². The number of furan rings is 1. The van der Waals surface area contributed by atoms with E-state index in [1.807, 2.05) is 0 Å². The zero-order chi connectivity index (χ0) is 22.6. The topological polar surface area (TPSA) is 26.0 Å². The molecule has 2 heterocycles. The quantitative estimate of drug-likeness (QED) is 0.203. The van der Waals surface area contributed by atoms with Crippen LogP contribution in [0.15, 0.2) is 47.0 Å². The van der Waals surface area contributed by atoms with Crippen LogP contribution in [0.5, 0.6) is 0 Å². The summed E-state index contributed by atoms with van der Waals surface area (Å²) in [6.07, 6.45) is 2.45. The second-order valence-electron chi connectivity index (χ2n) is 8.99. The third-order valence-corrected chi connectivity index (χ3v) is 7.09. The van der Waals surface area contributed by atoms with Gasteiger partial charge in [-0.15, -0.1) is 17.3 Å². The summed E-state index contributed by atoms with van der Waals surface area (Å²) in [7, 11) is -1.67. The molecular weight excluding hydrogens is 551 g/mol. The molecule has 4 rings (SSSR count). The van der Waals surface area contributed by atoms with E-state index in [0.717, 1.165) is 33.9 Å². The summed E-state index contributed by atoms with van der Waals surface area (Å²) < 4.78 is 29.1. The summed E-state index contributed by atoms with van der Waals surface area (Å²) in [6.45, 7) is 9.28. The van der Waals surface area contributed by atoms with Crippen LogP contribution in [-0.2, 0) is 26.5 Å². The summed E-state index contributed by atoms with van der Waals surface area (Å²) in [5, 5.41) is 3.60. The molecule has 2 aromatic heterocycles. The molecule has 0 amide bonds. The van der Waals surface area contributed by atoms with Crippen molar-refractivity contribution in [2.45, 2.75) is 46.8 Å². The number of aryl methyl sites for hydroxylation is 1. The van der Waals surface area contributed by atoms with Gasteiger partial charge < -0.3 is 9.40 Å². The van der Waals surface area contributed by atoms with Crippen LogP contribution in [0, 0.1) is 18.8 Å². The Morgan fingerprint density at radius 3 is 2.59 bits per heavy atom. The van der Waals surface area contributed by atoms with Crippen LogP contribution in [0.2, 0.25) is 19.6 Å². The molecule has 0 bridgehead atoms. The molecule has 0 spiro atoms. The van der Waals surface area contributed by atoms with Crippen molar-refractivity contribution < 1.29 is 28.6 Å². The van der Waals surface area contributed by atoms with E-state index in [9.17, 15) is 0 Å². The van der Waals surface area contributed by atoms with Crippen molar-refractivity contribution in [2.24, 2.45) is 5.92 Å². The zero-order valence-electron chi connectivity index (χ0n) is 20.5. The van der Waals surface area contributed by atoms with Crippen LogP contribution >= 0.6 is 0 Å². The third-order valence-electron chi connectivity index (χ3n) is 5.08. The normalized spacial score (nSPS) is 13.9. The number of hydrogen-bond acceptors (Lipinski definition) is 2. The van der Waals surface area contributed by atoms with Gasteiger partial charge in [-0.3, -0.25) is 0 Å². The van der Waals surface area contributed by atoms with E-state index in [-0.39, 0.29) is 25.7 Å². The van der Waals surface area contributed by atoms with E-state index < -0.39 is 14.9 Å². The fraction of sp³-hybridized carbons (Fsp3) is 0.320. The molecule has 153 valence electrons. The van der Waals surface area contributed by atoms with E-state index in [1.165, 1.54) is 16.9 Å². The van der Waals surface area contributed by atoms with Crippen LogP contribution < -0.4 is 5.19 Å². The van der Waals surface area contributed by atoms with Crippen molar-refractivity contribution in [2.75, 3.05) is 0 Å². The molecule has 4 aromatic rings. The number of rotatable bonds is 4. The molecule has 0 aliphatic rings. The molecular formula is C25H28IrNOSi-. The van der Waals surface area contributed by atoms with E-state index in [1.54, 1.807) is 12.1 Å². The summed E-state index contributed by atoms with van der Waals surface area (Å²) in [4.78, 5) is 4.44. The fourth-order valence-corrected chi connectivity index (χ4v) is 5.30. The van der Waals surface area contributed by atoms with Crippen molar-refractivity contribution in [1.29, 1.82) is 0 Å². The van der Waals surface area contributed by atoms with E-state index in [4.69, 9.17) is 8.53 Å². The minimum absolute atomic E-state index is 0. The molecule has 1 radical (unpaired) electrons. The predicted octanol–water partition coefficient (Wildman–Crippen LogP) is 6.50. The minimum atomic E-state index is -2.17. The van der Waals surface area contributed by atoms with Gasteiger partial charge in [0.1, 0.15) is 5.58 Å². The number of nitrogens with zero attached hydrogens (tertiary/aromatic N) is 1. The summed E-state index contributed by atoms with van der Waals surface area (Å²) in [5.74, 6) is 0.580. The summed E-state index contributed by atoms with van der Waals surface area (Å²) in [6, 6.07) is 15.3. The van der Waals surface area contributed by atoms with Gasteiger partial charge in [-0.05, 0) is 48.1 Å². The second kappa shape index (κ2) is 8.18. The van der Waals surface area contributed by atoms with Crippen molar-refractivity contribution >= 4 is 35.2 Å². The first-order valence-corrected chi connectivity index (χ1v) is 13.3. The Morgan fingerprint density at radius 2 is 1.97 bits per heavy atom. The number of aromatic nitrogens is 1. The van der Waals surface area contributed by atoms with Crippen LogP contribution in [0.3, 0.4) is 0 Å². The van der Waals surface area contributed by atoms with Gasteiger partial charge in [0.2, 0.25) is 0 Å². The van der Waals surface area contributed by atoms with Crippen molar-refractivity contribution in [3.05, 3.63) is 59.8 Å². The van der Waals surface area contributed by atoms with Crippen molar-refractivity contribution in [1.82, 2.24) is 4.98 Å². The standard InChI is InChI=1S/C25H28NOSi.Ir/c1-16(2)13-18-8-11-22-20(14-18)24-23(28(4,5)6)12-9-19(25(24)27-22)21-10-7-17(3)15-26-21;/h7-8,10-12,14-16H,13H2,1-6H3;/q-1;/i3D3;. The Morgan fingerprint density at radius 1 is 1.17 bits per heavy atom. The molecule has 0 saturated carbocycles. The number of pyridine rings is 1. The van der Waals surface area contributed by atoms with E-state index in [0.29, 0.717) is 11.6 Å². The molecule has 0 aliphatic heterocycles. The fourth-order valence-electron chi connectivity index (χ4n) is 3.79. The molecule has 0 fully saturated rings. The largest absolute Gasteiger partial charge is 0.501 e. The van der Waals surface area contributed by atoms with Gasteiger partial charge in [-0.25, -0.2) is 0 Å². The second-order valence-corrected chi connectivity index (χ2v) is 14.0. The smallest absolute Gasteiger partial charge is 0.120 e. The monoisotopic (exact) mass is 582 g/mol. The number of fused-ring (bicyclic) bond motifs is 3. The van der Waals surface area contributed by atoms with E-state index in [2.05, 4.69) is 68.8 Å². The number of hydrogen-bond donors (Lipinski definition) is 0. The van der Waals surface area contributed by atoms with Crippen LogP contribution in [-0.4, -0.2) is 13.1 Å². The zero-order valence-corrected chi connectivity index (χ0v) is 20.9. The first-order valence-electron chi connectivity index (χ1n) is 11.3. The summed E-state index contributed by atoms with van der Waals surface area (Å²) in [5.41, 5.74) is 4.63. The average Bonchev–Trinajstić information content (AvgIpc) is 3.04. The summed E-state index contributed by atoms with van der Waals surface area (Å²) >= 11 is 0. The molecule has 0 aliphatic carbocycles.